The lowest BCUT2D eigenvalue weighted by Gasteiger charge is -2.25. The number of benzene rings is 2. The van der Waals surface area contributed by atoms with Crippen molar-refractivity contribution in [1.29, 1.82) is 0 Å². The summed E-state index contributed by atoms with van der Waals surface area (Å²) in [6.45, 7) is 1.73. The Morgan fingerprint density at radius 2 is 1.55 bits per heavy atom. The molecule has 0 bridgehead atoms. The summed E-state index contributed by atoms with van der Waals surface area (Å²) in [6, 6.07) is 12.5. The Morgan fingerprint density at radius 1 is 0.950 bits per heavy atom. The van der Waals surface area contributed by atoms with Crippen molar-refractivity contribution < 1.29 is 14.6 Å². The molecule has 0 radical (unpaired) electrons. The van der Waals surface area contributed by atoms with E-state index in [1.807, 2.05) is 24.3 Å². The second-order valence-corrected chi connectivity index (χ2v) is 5.06. The molecule has 1 unspecified atom stereocenters. The van der Waals surface area contributed by atoms with Crippen LogP contribution in [0.5, 0.6) is 11.5 Å². The molecule has 0 amide bonds. The molecule has 0 aromatic heterocycles. The Kier molecular flexibility index (Phi) is 4.21. The van der Waals surface area contributed by atoms with Gasteiger partial charge in [-0.2, -0.15) is 0 Å². The van der Waals surface area contributed by atoms with Crippen molar-refractivity contribution in [2.24, 2.45) is 0 Å². The highest BCUT2D eigenvalue weighted by atomic mass is 35.5. The van der Waals surface area contributed by atoms with Crippen molar-refractivity contribution in [2.75, 3.05) is 14.2 Å². The van der Waals surface area contributed by atoms with Crippen LogP contribution in [0, 0.1) is 0 Å². The Bertz CT molecular complexity index is 591. The third-order valence-corrected chi connectivity index (χ3v) is 3.68. The van der Waals surface area contributed by atoms with Gasteiger partial charge in [0.25, 0.3) is 0 Å². The first-order valence-electron chi connectivity index (χ1n) is 6.20. The zero-order valence-corrected chi connectivity index (χ0v) is 12.4. The minimum atomic E-state index is -1.13. The smallest absolute Gasteiger partial charge is 0.137 e. The van der Waals surface area contributed by atoms with E-state index in [4.69, 9.17) is 21.1 Å². The summed E-state index contributed by atoms with van der Waals surface area (Å²) in [4.78, 5) is 0. The van der Waals surface area contributed by atoms with Crippen LogP contribution in [0.15, 0.2) is 42.5 Å². The molecule has 2 aromatic rings. The zero-order chi connectivity index (χ0) is 14.8. The minimum absolute atomic E-state index is 0.516. The fourth-order valence-corrected chi connectivity index (χ4v) is 2.24. The summed E-state index contributed by atoms with van der Waals surface area (Å²) in [5.41, 5.74) is 0.344. The van der Waals surface area contributed by atoms with Crippen LogP contribution in [-0.2, 0) is 5.60 Å². The molecule has 2 aromatic carbocycles. The number of hydrogen-bond acceptors (Lipinski definition) is 3. The standard InChI is InChI=1S/C16H17ClO3/c1-16(18,11-4-7-13(19-2)8-5-11)12-6-9-14(17)15(10-12)20-3/h4-10,18H,1-3H3. The summed E-state index contributed by atoms with van der Waals surface area (Å²) in [5, 5.41) is 11.3. The lowest BCUT2D eigenvalue weighted by Crippen LogP contribution is -2.22. The molecule has 0 aliphatic heterocycles. The average Bonchev–Trinajstić information content (AvgIpc) is 2.47. The van der Waals surface area contributed by atoms with E-state index >= 15 is 0 Å². The highest BCUT2D eigenvalue weighted by Gasteiger charge is 2.26. The molecule has 0 fully saturated rings. The summed E-state index contributed by atoms with van der Waals surface area (Å²) in [5.74, 6) is 1.29. The van der Waals surface area contributed by atoms with Crippen LogP contribution in [0.25, 0.3) is 0 Å². The van der Waals surface area contributed by atoms with E-state index in [1.54, 1.807) is 39.3 Å². The predicted octanol–water partition coefficient (Wildman–Crippen LogP) is 3.61. The highest BCUT2D eigenvalue weighted by Crippen LogP contribution is 2.34. The third-order valence-electron chi connectivity index (χ3n) is 3.37. The summed E-state index contributed by atoms with van der Waals surface area (Å²) in [6.07, 6.45) is 0. The van der Waals surface area contributed by atoms with Gasteiger partial charge in [0, 0.05) is 0 Å². The lowest BCUT2D eigenvalue weighted by atomic mass is 9.88. The number of hydrogen-bond donors (Lipinski definition) is 1. The van der Waals surface area contributed by atoms with Crippen molar-refractivity contribution in [3.05, 3.63) is 58.6 Å². The molecular formula is C16H17ClO3. The van der Waals surface area contributed by atoms with Crippen molar-refractivity contribution in [3.8, 4) is 11.5 Å². The monoisotopic (exact) mass is 292 g/mol. The van der Waals surface area contributed by atoms with Gasteiger partial charge in [-0.15, -0.1) is 0 Å². The second kappa shape index (κ2) is 5.73. The molecule has 0 spiro atoms. The van der Waals surface area contributed by atoms with Gasteiger partial charge in [-0.25, -0.2) is 0 Å². The fraction of sp³-hybridized carbons (Fsp3) is 0.250. The minimum Gasteiger partial charge on any atom is -0.497 e. The van der Waals surface area contributed by atoms with Gasteiger partial charge >= 0.3 is 0 Å². The van der Waals surface area contributed by atoms with Gasteiger partial charge in [0.05, 0.1) is 19.2 Å². The summed E-state index contributed by atoms with van der Waals surface area (Å²) < 4.78 is 10.3. The van der Waals surface area contributed by atoms with E-state index in [2.05, 4.69) is 0 Å². The van der Waals surface area contributed by atoms with Crippen molar-refractivity contribution in [3.63, 3.8) is 0 Å². The molecule has 3 nitrogen and oxygen atoms in total. The number of methoxy groups -OCH3 is 2. The van der Waals surface area contributed by atoms with E-state index in [1.165, 1.54) is 0 Å². The molecule has 4 heteroatoms. The molecular weight excluding hydrogens is 276 g/mol. The maximum atomic E-state index is 10.8. The Labute approximate surface area is 123 Å². The highest BCUT2D eigenvalue weighted by molar-refractivity contribution is 6.32. The Balaban J connectivity index is 2.42. The van der Waals surface area contributed by atoms with Gasteiger partial charge < -0.3 is 14.6 Å². The molecule has 106 valence electrons. The van der Waals surface area contributed by atoms with Crippen LogP contribution in [0.3, 0.4) is 0 Å². The first-order chi connectivity index (χ1) is 9.48. The first-order valence-corrected chi connectivity index (χ1v) is 6.57. The summed E-state index contributed by atoms with van der Waals surface area (Å²) in [7, 11) is 3.16. The van der Waals surface area contributed by atoms with Crippen molar-refractivity contribution in [1.82, 2.24) is 0 Å². The molecule has 0 aliphatic carbocycles. The molecule has 0 heterocycles. The normalized spacial score (nSPS) is 13.7. The predicted molar refractivity (Wildman–Crippen MR) is 79.7 cm³/mol. The molecule has 1 N–H and O–H groups in total. The lowest BCUT2D eigenvalue weighted by molar-refractivity contribution is 0.102. The van der Waals surface area contributed by atoms with Gasteiger partial charge in [-0.05, 0) is 42.3 Å². The van der Waals surface area contributed by atoms with Crippen LogP contribution in [0.1, 0.15) is 18.1 Å². The van der Waals surface area contributed by atoms with Gasteiger partial charge in [-0.3, -0.25) is 0 Å². The number of ether oxygens (including phenoxy) is 2. The number of rotatable bonds is 4. The fourth-order valence-electron chi connectivity index (χ4n) is 2.04. The van der Waals surface area contributed by atoms with Gasteiger partial charge in [0.2, 0.25) is 0 Å². The topological polar surface area (TPSA) is 38.7 Å². The average molecular weight is 293 g/mol. The Hall–Kier alpha value is -1.71. The van der Waals surface area contributed by atoms with Gasteiger partial charge in [-0.1, -0.05) is 29.8 Å². The maximum Gasteiger partial charge on any atom is 0.137 e. The SMILES string of the molecule is COc1ccc(C(C)(O)c2ccc(Cl)c(OC)c2)cc1. The van der Waals surface area contributed by atoms with Crippen LogP contribution in [0.2, 0.25) is 5.02 Å². The quantitative estimate of drug-likeness (QED) is 0.935. The van der Waals surface area contributed by atoms with E-state index < -0.39 is 5.60 Å². The number of aliphatic hydroxyl groups is 1. The van der Waals surface area contributed by atoms with Crippen molar-refractivity contribution in [2.45, 2.75) is 12.5 Å². The molecule has 2 rings (SSSR count). The second-order valence-electron chi connectivity index (χ2n) is 4.65. The van der Waals surface area contributed by atoms with Gasteiger partial charge in [0.1, 0.15) is 17.1 Å². The van der Waals surface area contributed by atoms with Crippen LogP contribution in [0.4, 0.5) is 0 Å². The molecule has 0 aliphatic rings. The first kappa shape index (κ1) is 14.7. The zero-order valence-electron chi connectivity index (χ0n) is 11.7. The van der Waals surface area contributed by atoms with E-state index in [0.29, 0.717) is 16.3 Å². The Morgan fingerprint density at radius 3 is 2.10 bits per heavy atom. The molecule has 20 heavy (non-hydrogen) atoms. The van der Waals surface area contributed by atoms with E-state index in [-0.39, 0.29) is 0 Å². The third kappa shape index (κ3) is 2.74. The molecule has 1 atom stereocenters. The van der Waals surface area contributed by atoms with Crippen LogP contribution < -0.4 is 9.47 Å². The molecule has 0 saturated heterocycles. The van der Waals surface area contributed by atoms with Crippen LogP contribution >= 0.6 is 11.6 Å². The molecule has 0 saturated carbocycles. The largest absolute Gasteiger partial charge is 0.497 e. The van der Waals surface area contributed by atoms with Gasteiger partial charge in [0.15, 0.2) is 0 Å². The maximum absolute atomic E-state index is 10.8. The van der Waals surface area contributed by atoms with Crippen LogP contribution in [-0.4, -0.2) is 19.3 Å². The van der Waals surface area contributed by atoms with E-state index in [0.717, 1.165) is 11.3 Å². The van der Waals surface area contributed by atoms with Crippen molar-refractivity contribution >= 4 is 11.6 Å². The summed E-state index contributed by atoms with van der Waals surface area (Å²) >= 11 is 6.01. The number of halogens is 1. The van der Waals surface area contributed by atoms with E-state index in [9.17, 15) is 5.11 Å².